The maximum absolute atomic E-state index is 11.6. The summed E-state index contributed by atoms with van der Waals surface area (Å²) in [5.74, 6) is -0.935. The molecule has 0 radical (unpaired) electrons. The Labute approximate surface area is 220 Å². The normalized spacial score (nSPS) is 12.4. The SMILES string of the molecule is C=C(C)C(=O)O.CCCCOP(=O)(O)F.O=P(O)(O)F.O=P(O)(O)F.O=P(O)(O)F.O=P(O)(O)F.O=P(O)(O)F. The average molecular weight is 742 g/mol. The highest BCUT2D eigenvalue weighted by molar-refractivity contribution is 7.47. The van der Waals surface area contributed by atoms with Crippen LogP contribution >= 0.6 is 47.4 Å². The zero-order chi connectivity index (χ0) is 35.0. The topological polar surface area (TPSA) is 371 Å². The van der Waals surface area contributed by atoms with E-state index >= 15 is 0 Å². The molecule has 0 fully saturated rings. The molecule has 0 aliphatic heterocycles. The first kappa shape index (κ1) is 55.6. The van der Waals surface area contributed by atoms with Gasteiger partial charge in [-0.2, -0.15) is 0 Å². The lowest BCUT2D eigenvalue weighted by Crippen LogP contribution is -1.92. The van der Waals surface area contributed by atoms with E-state index in [2.05, 4.69) is 11.1 Å². The predicted octanol–water partition coefficient (Wildman–Crippen LogP) is 2.76. The van der Waals surface area contributed by atoms with Crippen LogP contribution in [0.4, 0.5) is 25.2 Å². The third-order valence-corrected chi connectivity index (χ3v) is 1.61. The van der Waals surface area contributed by atoms with E-state index in [4.69, 9.17) is 81.8 Å². The molecule has 40 heavy (non-hydrogen) atoms. The first-order valence-electron chi connectivity index (χ1n) is 8.02. The Morgan fingerprint density at radius 2 is 0.775 bits per heavy atom. The van der Waals surface area contributed by atoms with Gasteiger partial charge in [-0.15, -0.1) is 25.2 Å². The largest absolute Gasteiger partial charge is 0.510 e. The molecule has 1 unspecified atom stereocenters. The van der Waals surface area contributed by atoms with Crippen molar-refractivity contribution in [2.75, 3.05) is 6.61 Å². The summed E-state index contributed by atoms with van der Waals surface area (Å²) in [6.07, 6.45) is 1.43. The van der Waals surface area contributed by atoms with Crippen LogP contribution in [0, 0.1) is 0 Å². The highest BCUT2D eigenvalue weighted by atomic mass is 31.2. The minimum Gasteiger partial charge on any atom is -0.478 e. The molecule has 0 amide bonds. The molecule has 0 saturated carbocycles. The highest BCUT2D eigenvalue weighted by Gasteiger charge is 2.15. The van der Waals surface area contributed by atoms with Gasteiger partial charge in [0.1, 0.15) is 0 Å². The van der Waals surface area contributed by atoms with E-state index in [1.54, 1.807) is 0 Å². The van der Waals surface area contributed by atoms with Crippen molar-refractivity contribution in [3.8, 4) is 0 Å². The third-order valence-electron chi connectivity index (χ3n) is 1.11. The molecule has 1 atom stereocenters. The zero-order valence-corrected chi connectivity index (χ0v) is 24.8. The smallest absolute Gasteiger partial charge is 0.478 e. The monoisotopic (exact) mass is 742 g/mol. The van der Waals surface area contributed by atoms with Crippen LogP contribution in [0.2, 0.25) is 0 Å². The number of hydrogen-bond acceptors (Lipinski definition) is 8. The number of halogens is 6. The summed E-state index contributed by atoms with van der Waals surface area (Å²) in [6.45, 7) is 6.50. The molecule has 12 N–H and O–H groups in total. The lowest BCUT2D eigenvalue weighted by Gasteiger charge is -1.99. The van der Waals surface area contributed by atoms with Gasteiger partial charge in [-0.3, -0.25) is 58.4 Å². The van der Waals surface area contributed by atoms with Crippen molar-refractivity contribution in [1.29, 1.82) is 0 Å². The van der Waals surface area contributed by atoms with Crippen molar-refractivity contribution < 1.29 is 121 Å². The van der Waals surface area contributed by atoms with Crippen LogP contribution in [0.3, 0.4) is 0 Å². The van der Waals surface area contributed by atoms with Crippen LogP contribution in [-0.4, -0.2) is 71.5 Å². The van der Waals surface area contributed by atoms with Crippen molar-refractivity contribution in [3.63, 3.8) is 0 Å². The van der Waals surface area contributed by atoms with Gasteiger partial charge >= 0.3 is 53.4 Å². The molecule has 0 bridgehead atoms. The molecule has 0 aromatic rings. The maximum atomic E-state index is 11.6. The fourth-order valence-corrected chi connectivity index (χ4v) is 0.676. The molecule has 0 saturated heterocycles. The molecule has 32 heteroatoms. The first-order valence-corrected chi connectivity index (χ1v) is 17.0. The second-order valence-electron chi connectivity index (χ2n) is 5.09. The number of hydrogen-bond donors (Lipinski definition) is 12. The Bertz CT molecular complexity index is 772. The summed E-state index contributed by atoms with van der Waals surface area (Å²) in [6, 6.07) is 0. The number of carbonyl (C=O) groups is 1. The van der Waals surface area contributed by atoms with Crippen LogP contribution in [-0.2, 0) is 36.7 Å². The quantitative estimate of drug-likeness (QED) is 0.0833. The van der Waals surface area contributed by atoms with Gasteiger partial charge in [-0.05, 0) is 13.3 Å². The summed E-state index contributed by atoms with van der Waals surface area (Å²) >= 11 is 0. The van der Waals surface area contributed by atoms with E-state index in [1.165, 1.54) is 6.92 Å². The Morgan fingerprint density at radius 3 is 0.850 bits per heavy atom. The molecule has 0 aliphatic carbocycles. The zero-order valence-electron chi connectivity index (χ0n) is 19.4. The molecule has 0 aromatic carbocycles. The molecular weight excluding hydrogens is 716 g/mol. The third kappa shape index (κ3) is 540. The number of aliphatic carboxylic acids is 1. The summed E-state index contributed by atoms with van der Waals surface area (Å²) < 4.78 is 120. The molecule has 0 spiro atoms. The Hall–Kier alpha value is -0.310. The Morgan fingerprint density at radius 1 is 0.625 bits per heavy atom. The van der Waals surface area contributed by atoms with Crippen molar-refractivity contribution >= 4 is 53.4 Å². The van der Waals surface area contributed by atoms with Gasteiger partial charge in [0, 0.05) is 5.57 Å². The molecule has 0 aliphatic rings. The number of unbranched alkanes of at least 4 members (excludes halogenated alkanes) is 1. The molecule has 20 nitrogen and oxygen atoms in total. The lowest BCUT2D eigenvalue weighted by molar-refractivity contribution is -0.132. The van der Waals surface area contributed by atoms with Crippen LogP contribution in [0.25, 0.3) is 0 Å². The van der Waals surface area contributed by atoms with Gasteiger partial charge in [0.25, 0.3) is 0 Å². The molecular formula is C8H26F6O20P6. The first-order chi connectivity index (χ1) is 16.7. The molecule has 250 valence electrons. The van der Waals surface area contributed by atoms with E-state index in [0.29, 0.717) is 6.42 Å². The minimum absolute atomic E-state index is 0.0147. The van der Waals surface area contributed by atoms with E-state index in [0.717, 1.165) is 6.42 Å². The summed E-state index contributed by atoms with van der Waals surface area (Å²) in [5, 5.41) is 7.89. The van der Waals surface area contributed by atoms with Crippen molar-refractivity contribution in [2.24, 2.45) is 0 Å². The second-order valence-corrected chi connectivity index (χ2v) is 11.0. The highest BCUT2D eigenvalue weighted by Crippen LogP contribution is 2.43. The van der Waals surface area contributed by atoms with Gasteiger partial charge in [0.2, 0.25) is 0 Å². The maximum Gasteiger partial charge on any atom is 0.510 e. The van der Waals surface area contributed by atoms with Gasteiger partial charge in [-0.25, -0.2) is 32.2 Å². The fourth-order valence-electron chi connectivity index (χ4n) is 0.321. The lowest BCUT2D eigenvalue weighted by atomic mass is 10.4. The number of carboxylic acid groups (broad SMARTS) is 1. The van der Waals surface area contributed by atoms with Crippen molar-refractivity contribution in [1.82, 2.24) is 0 Å². The molecule has 0 aromatic heterocycles. The van der Waals surface area contributed by atoms with Gasteiger partial charge in [0.15, 0.2) is 0 Å². The summed E-state index contributed by atoms with van der Waals surface area (Å²) in [4.78, 5) is 87.2. The van der Waals surface area contributed by atoms with Crippen LogP contribution in [0.1, 0.15) is 26.7 Å². The predicted molar refractivity (Wildman–Crippen MR) is 120 cm³/mol. The standard InChI is InChI=1S/C4H10FO3P.C4H6O2.5FH2O3P/c1-2-3-4-8-9(5,6)7;1-3(2)4(5)6;5*1-5(2,3)4/h2-4H2,1H3,(H,6,7);1H2,2H3,(H,5,6);5*(H2,2,3,4). The Kier molecular flexibility index (Phi) is 36.6. The minimum atomic E-state index is -5.14. The number of rotatable bonds is 5. The summed E-state index contributed by atoms with van der Waals surface area (Å²) in [7, 11) is -30.4. The van der Waals surface area contributed by atoms with Crippen LogP contribution in [0.5, 0.6) is 0 Å². The second kappa shape index (κ2) is 26.3. The van der Waals surface area contributed by atoms with Crippen LogP contribution in [0.15, 0.2) is 12.2 Å². The Balaban J connectivity index is -0.0000000645. The van der Waals surface area contributed by atoms with Crippen molar-refractivity contribution in [3.05, 3.63) is 12.2 Å². The number of carboxylic acids is 1. The van der Waals surface area contributed by atoms with Crippen molar-refractivity contribution in [2.45, 2.75) is 26.7 Å². The van der Waals surface area contributed by atoms with E-state index in [-0.39, 0.29) is 12.2 Å². The van der Waals surface area contributed by atoms with E-state index < -0.39 is 53.4 Å². The van der Waals surface area contributed by atoms with Gasteiger partial charge < -0.3 is 5.11 Å². The van der Waals surface area contributed by atoms with Gasteiger partial charge in [0.05, 0.1) is 6.61 Å². The summed E-state index contributed by atoms with van der Waals surface area (Å²) in [5.41, 5.74) is 0.176. The fraction of sp³-hybridized carbons (Fsp3) is 0.625. The van der Waals surface area contributed by atoms with E-state index in [9.17, 15) is 34.5 Å². The molecule has 0 heterocycles. The average Bonchev–Trinajstić information content (AvgIpc) is 2.46. The molecule has 0 rings (SSSR count). The van der Waals surface area contributed by atoms with Gasteiger partial charge in [-0.1, -0.05) is 19.9 Å². The van der Waals surface area contributed by atoms with Crippen LogP contribution < -0.4 is 0 Å². The van der Waals surface area contributed by atoms with E-state index in [1.807, 2.05) is 6.92 Å².